The fourth-order valence-corrected chi connectivity index (χ4v) is 2.54. The number of nitrogens with zero attached hydrogens (tertiary/aromatic N) is 4. The van der Waals surface area contributed by atoms with Crippen LogP contribution < -0.4 is 10.1 Å². The van der Waals surface area contributed by atoms with Gasteiger partial charge in [-0.25, -0.2) is 27.8 Å². The van der Waals surface area contributed by atoms with Crippen molar-refractivity contribution in [2.24, 2.45) is 0 Å². The molecule has 0 bridgehead atoms. The maximum absolute atomic E-state index is 13.7. The minimum Gasteiger partial charge on any atom is -0.439 e. The zero-order valence-electron chi connectivity index (χ0n) is 15.1. The lowest BCUT2D eigenvalue weighted by Gasteiger charge is -2.09. The van der Waals surface area contributed by atoms with Crippen LogP contribution in [0.5, 0.6) is 11.6 Å². The second kappa shape index (κ2) is 8.03. The third-order valence-electron chi connectivity index (χ3n) is 3.98. The van der Waals surface area contributed by atoms with Gasteiger partial charge >= 0.3 is 0 Å². The summed E-state index contributed by atoms with van der Waals surface area (Å²) < 4.78 is 47.3. The molecular weight excluding hydrogens is 399 g/mol. The molecule has 30 heavy (non-hydrogen) atoms. The highest BCUT2D eigenvalue weighted by Gasteiger charge is 2.18. The molecule has 0 saturated heterocycles. The Morgan fingerprint density at radius 3 is 2.53 bits per heavy atom. The summed E-state index contributed by atoms with van der Waals surface area (Å²) in [6, 6.07) is 11.0. The summed E-state index contributed by atoms with van der Waals surface area (Å²) >= 11 is 0. The van der Waals surface area contributed by atoms with Crippen LogP contribution in [0.1, 0.15) is 10.4 Å². The van der Waals surface area contributed by atoms with E-state index in [9.17, 15) is 18.0 Å². The molecule has 0 spiro atoms. The van der Waals surface area contributed by atoms with Crippen molar-refractivity contribution >= 4 is 11.6 Å². The number of nitrogens with one attached hydrogen (secondary N) is 1. The van der Waals surface area contributed by atoms with Crippen LogP contribution in [0.2, 0.25) is 0 Å². The minimum absolute atomic E-state index is 0.274. The van der Waals surface area contributed by atoms with E-state index in [4.69, 9.17) is 4.74 Å². The minimum atomic E-state index is -1.70. The molecule has 1 N–H and O–H groups in total. The van der Waals surface area contributed by atoms with Gasteiger partial charge in [0.05, 0.1) is 5.56 Å². The monoisotopic (exact) mass is 411 g/mol. The van der Waals surface area contributed by atoms with Gasteiger partial charge in [-0.2, -0.15) is 5.10 Å². The molecule has 2 heterocycles. The summed E-state index contributed by atoms with van der Waals surface area (Å²) in [5.41, 5.74) is -0.308. The average Bonchev–Trinajstić information content (AvgIpc) is 3.29. The van der Waals surface area contributed by atoms with Crippen molar-refractivity contribution in [1.29, 1.82) is 0 Å². The van der Waals surface area contributed by atoms with Gasteiger partial charge in [-0.3, -0.25) is 4.79 Å². The highest BCUT2D eigenvalue weighted by molar-refractivity contribution is 6.04. The Balaban J connectivity index is 1.45. The summed E-state index contributed by atoms with van der Waals surface area (Å²) in [4.78, 5) is 20.3. The van der Waals surface area contributed by atoms with Crippen LogP contribution in [0.15, 0.2) is 67.3 Å². The fourth-order valence-electron chi connectivity index (χ4n) is 2.54. The van der Waals surface area contributed by atoms with E-state index in [0.717, 1.165) is 6.07 Å². The smallest absolute Gasteiger partial charge is 0.258 e. The topological polar surface area (TPSA) is 81.9 Å². The Hall–Kier alpha value is -4.21. The van der Waals surface area contributed by atoms with Crippen molar-refractivity contribution in [3.63, 3.8) is 0 Å². The number of carbonyl (C=O) groups excluding carboxylic acids is 1. The molecule has 2 aromatic carbocycles. The lowest BCUT2D eigenvalue weighted by atomic mass is 10.1. The van der Waals surface area contributed by atoms with Gasteiger partial charge in [-0.05, 0) is 42.5 Å². The number of halogens is 3. The highest BCUT2D eigenvalue weighted by atomic mass is 19.2. The third kappa shape index (κ3) is 3.97. The van der Waals surface area contributed by atoms with Gasteiger partial charge in [-0.15, -0.1) is 0 Å². The van der Waals surface area contributed by atoms with E-state index < -0.39 is 28.9 Å². The van der Waals surface area contributed by atoms with Crippen molar-refractivity contribution in [2.45, 2.75) is 0 Å². The second-order valence-corrected chi connectivity index (χ2v) is 5.97. The lowest BCUT2D eigenvalue weighted by Crippen LogP contribution is -2.15. The first-order valence-corrected chi connectivity index (χ1v) is 8.56. The zero-order chi connectivity index (χ0) is 21.1. The third-order valence-corrected chi connectivity index (χ3v) is 3.98. The van der Waals surface area contributed by atoms with E-state index >= 15 is 0 Å². The number of anilines is 1. The summed E-state index contributed by atoms with van der Waals surface area (Å²) in [7, 11) is 0. The molecule has 4 rings (SSSR count). The molecule has 0 aliphatic carbocycles. The maximum atomic E-state index is 13.7. The van der Waals surface area contributed by atoms with Gasteiger partial charge in [0.15, 0.2) is 23.3 Å². The van der Waals surface area contributed by atoms with Crippen molar-refractivity contribution in [3.8, 4) is 17.4 Å². The first-order valence-electron chi connectivity index (χ1n) is 8.56. The Morgan fingerprint density at radius 2 is 1.80 bits per heavy atom. The Labute approximate surface area is 167 Å². The summed E-state index contributed by atoms with van der Waals surface area (Å²) in [6.07, 6.45) is 4.67. The molecule has 10 heteroatoms. The van der Waals surface area contributed by atoms with Gasteiger partial charge in [-0.1, -0.05) is 0 Å². The van der Waals surface area contributed by atoms with Crippen molar-refractivity contribution < 1.29 is 22.7 Å². The number of benzene rings is 2. The van der Waals surface area contributed by atoms with E-state index in [-0.39, 0.29) is 5.88 Å². The van der Waals surface area contributed by atoms with Gasteiger partial charge in [0, 0.05) is 24.1 Å². The van der Waals surface area contributed by atoms with Gasteiger partial charge in [0.2, 0.25) is 5.88 Å². The highest BCUT2D eigenvalue weighted by Crippen LogP contribution is 2.23. The second-order valence-electron chi connectivity index (χ2n) is 5.97. The first kappa shape index (κ1) is 19.1. The van der Waals surface area contributed by atoms with Crippen LogP contribution in [-0.4, -0.2) is 25.7 Å². The average molecular weight is 411 g/mol. The SMILES string of the molecule is O=C(Nc1ccc(Oc2cc(-n3cccn3)ncn2)cc1)c1ccc(F)c(F)c1F. The van der Waals surface area contributed by atoms with Crippen molar-refractivity contribution in [1.82, 2.24) is 19.7 Å². The molecule has 7 nitrogen and oxygen atoms in total. The van der Waals surface area contributed by atoms with Crippen LogP contribution in [0.25, 0.3) is 5.82 Å². The maximum Gasteiger partial charge on any atom is 0.258 e. The molecule has 0 fully saturated rings. The summed E-state index contributed by atoms with van der Waals surface area (Å²) in [5, 5.41) is 6.48. The predicted octanol–water partition coefficient (Wildman–Crippen LogP) is 4.12. The standard InChI is InChI=1S/C20H12F3N5O2/c21-15-7-6-14(18(22)19(15)23)20(29)27-12-2-4-13(5-3-12)30-17-10-16(24-11-25-17)28-9-1-8-26-28/h1-11H,(H,27,29). The van der Waals surface area contributed by atoms with E-state index in [1.54, 1.807) is 41.3 Å². The molecule has 2 aromatic heterocycles. The van der Waals surface area contributed by atoms with E-state index in [1.165, 1.54) is 18.5 Å². The number of hydrogen-bond donors (Lipinski definition) is 1. The number of rotatable bonds is 5. The molecule has 0 aliphatic rings. The molecule has 0 radical (unpaired) electrons. The van der Waals surface area contributed by atoms with Crippen molar-refractivity contribution in [3.05, 3.63) is 90.3 Å². The van der Waals surface area contributed by atoms with Gasteiger partial charge in [0.1, 0.15) is 12.1 Å². The number of carbonyl (C=O) groups is 1. The number of aromatic nitrogens is 4. The van der Waals surface area contributed by atoms with E-state index in [2.05, 4.69) is 20.4 Å². The number of amides is 1. The van der Waals surface area contributed by atoms with Crippen LogP contribution in [0.3, 0.4) is 0 Å². The molecule has 150 valence electrons. The van der Waals surface area contributed by atoms with E-state index in [0.29, 0.717) is 23.3 Å². The predicted molar refractivity (Wildman–Crippen MR) is 99.9 cm³/mol. The van der Waals surface area contributed by atoms with E-state index in [1.807, 2.05) is 0 Å². The van der Waals surface area contributed by atoms with Crippen LogP contribution in [-0.2, 0) is 0 Å². The molecule has 0 saturated carbocycles. The van der Waals surface area contributed by atoms with Crippen molar-refractivity contribution in [2.75, 3.05) is 5.32 Å². The normalized spacial score (nSPS) is 10.6. The quantitative estimate of drug-likeness (QED) is 0.500. The van der Waals surface area contributed by atoms with Crippen LogP contribution in [0.4, 0.5) is 18.9 Å². The van der Waals surface area contributed by atoms with Gasteiger partial charge < -0.3 is 10.1 Å². The van der Waals surface area contributed by atoms with Gasteiger partial charge in [0.25, 0.3) is 5.91 Å². The molecule has 1 amide bonds. The molecule has 4 aromatic rings. The summed E-state index contributed by atoms with van der Waals surface area (Å²) in [5.74, 6) is -4.34. The number of ether oxygens (including phenoxy) is 1. The number of hydrogen-bond acceptors (Lipinski definition) is 5. The Morgan fingerprint density at radius 1 is 1.00 bits per heavy atom. The largest absolute Gasteiger partial charge is 0.439 e. The van der Waals surface area contributed by atoms with Crippen LogP contribution >= 0.6 is 0 Å². The Kier molecular flexibility index (Phi) is 5.12. The fraction of sp³-hybridized carbons (Fsp3) is 0. The molecule has 0 aliphatic heterocycles. The summed E-state index contributed by atoms with van der Waals surface area (Å²) in [6.45, 7) is 0. The molecule has 0 atom stereocenters. The zero-order valence-corrected chi connectivity index (χ0v) is 15.1. The first-order chi connectivity index (χ1) is 14.5. The lowest BCUT2D eigenvalue weighted by molar-refractivity contribution is 0.102. The molecule has 0 unspecified atom stereocenters. The Bertz CT molecular complexity index is 1200. The molecular formula is C20H12F3N5O2. The van der Waals surface area contributed by atoms with Crippen LogP contribution in [0, 0.1) is 17.5 Å².